The molecule has 0 spiro atoms. The van der Waals surface area contributed by atoms with Crippen molar-refractivity contribution in [2.75, 3.05) is 13.2 Å². The van der Waals surface area contributed by atoms with Gasteiger partial charge in [-0.15, -0.1) is 0 Å². The zero-order valence-corrected chi connectivity index (χ0v) is 61.0. The molecule has 1 amide bonds. The largest absolute Gasteiger partial charge is 0.466 e. The second-order valence-electron chi connectivity index (χ2n) is 28.8. The van der Waals surface area contributed by atoms with Crippen molar-refractivity contribution < 1.29 is 24.5 Å². The predicted molar refractivity (Wildman–Crippen MR) is 394 cm³/mol. The van der Waals surface area contributed by atoms with Crippen LogP contribution in [0.2, 0.25) is 0 Å². The lowest BCUT2D eigenvalue weighted by atomic mass is 10.0. The number of ether oxygens (including phenoxy) is 1. The average Bonchev–Trinajstić information content (AvgIpc) is 3.67. The molecule has 0 aliphatic heterocycles. The van der Waals surface area contributed by atoms with Gasteiger partial charge >= 0.3 is 5.97 Å². The van der Waals surface area contributed by atoms with Crippen LogP contribution in [0.1, 0.15) is 483 Å². The maximum Gasteiger partial charge on any atom is 0.305 e. The molecule has 0 heterocycles. The number of unbranched alkanes of at least 4 members (excludes halogenated alkanes) is 68. The van der Waals surface area contributed by atoms with Gasteiger partial charge in [-0.25, -0.2) is 0 Å². The number of aliphatic hydroxyl groups is 2. The van der Waals surface area contributed by atoms with Gasteiger partial charge in [0.2, 0.25) is 5.91 Å². The van der Waals surface area contributed by atoms with Gasteiger partial charge in [0.15, 0.2) is 0 Å². The van der Waals surface area contributed by atoms with Gasteiger partial charge < -0.3 is 20.3 Å². The summed E-state index contributed by atoms with van der Waals surface area (Å²) in [6, 6.07) is -0.624. The van der Waals surface area contributed by atoms with E-state index in [1.807, 2.05) is 6.08 Å². The SMILES string of the molecule is CCCCCCCCCCCCCCCCCCCCCCCC/C=C/C(O)C(CO)NC(=O)CCCCCCCCCCCCCCCCCCCCCCCCCCCCCCCCCCCCCCCOC(=O)CCCCCCCCCCCCC. The Kier molecular flexibility index (Phi) is 77.8. The monoisotopic (exact) mass is 1250 g/mol. The molecule has 0 fully saturated rings. The van der Waals surface area contributed by atoms with Crippen LogP contribution in [-0.4, -0.2) is 47.4 Å². The molecule has 89 heavy (non-hydrogen) atoms. The van der Waals surface area contributed by atoms with E-state index in [-0.39, 0.29) is 18.5 Å². The number of amides is 1. The molecule has 6 nitrogen and oxygen atoms in total. The molecule has 0 saturated carbocycles. The second kappa shape index (κ2) is 79.0. The Morgan fingerprint density at radius 2 is 0.517 bits per heavy atom. The van der Waals surface area contributed by atoms with Gasteiger partial charge in [0.05, 0.1) is 25.4 Å². The van der Waals surface area contributed by atoms with Gasteiger partial charge in [-0.05, 0) is 32.1 Å². The molecule has 0 saturated heterocycles. The first-order valence-electron chi connectivity index (χ1n) is 41.5. The lowest BCUT2D eigenvalue weighted by molar-refractivity contribution is -0.143. The van der Waals surface area contributed by atoms with Crippen LogP contribution in [0.4, 0.5) is 0 Å². The normalized spacial score (nSPS) is 12.4. The van der Waals surface area contributed by atoms with Gasteiger partial charge in [0.25, 0.3) is 0 Å². The molecule has 0 bridgehead atoms. The number of allylic oxidation sites excluding steroid dienone is 1. The van der Waals surface area contributed by atoms with Crippen LogP contribution in [0.25, 0.3) is 0 Å². The van der Waals surface area contributed by atoms with E-state index in [9.17, 15) is 19.8 Å². The highest BCUT2D eigenvalue weighted by molar-refractivity contribution is 5.76. The van der Waals surface area contributed by atoms with E-state index in [1.54, 1.807) is 6.08 Å². The molecule has 0 aromatic heterocycles. The van der Waals surface area contributed by atoms with Crippen LogP contribution < -0.4 is 5.32 Å². The van der Waals surface area contributed by atoms with Gasteiger partial charge in [-0.1, -0.05) is 450 Å². The van der Waals surface area contributed by atoms with Crippen LogP contribution in [0.5, 0.6) is 0 Å². The molecule has 0 aromatic carbocycles. The summed E-state index contributed by atoms with van der Waals surface area (Å²) >= 11 is 0. The Bertz CT molecular complexity index is 1350. The van der Waals surface area contributed by atoms with Crippen molar-refractivity contribution >= 4 is 11.9 Å². The lowest BCUT2D eigenvalue weighted by Crippen LogP contribution is -2.45. The van der Waals surface area contributed by atoms with Crippen LogP contribution in [0.15, 0.2) is 12.2 Å². The molecule has 0 radical (unpaired) electrons. The first-order chi connectivity index (χ1) is 44.0. The Hall–Kier alpha value is -1.40. The summed E-state index contributed by atoms with van der Waals surface area (Å²) in [5.41, 5.74) is 0. The van der Waals surface area contributed by atoms with Crippen molar-refractivity contribution in [2.24, 2.45) is 0 Å². The van der Waals surface area contributed by atoms with Crippen LogP contribution in [-0.2, 0) is 14.3 Å². The van der Waals surface area contributed by atoms with Crippen LogP contribution >= 0.6 is 0 Å². The molecule has 0 aliphatic rings. The number of rotatable bonds is 79. The molecule has 0 rings (SSSR count). The van der Waals surface area contributed by atoms with Crippen molar-refractivity contribution in [3.8, 4) is 0 Å². The van der Waals surface area contributed by atoms with E-state index >= 15 is 0 Å². The number of nitrogens with one attached hydrogen (secondary N) is 1. The molecule has 2 unspecified atom stereocenters. The zero-order valence-electron chi connectivity index (χ0n) is 61.0. The van der Waals surface area contributed by atoms with Crippen molar-refractivity contribution in [2.45, 2.75) is 495 Å². The fraction of sp³-hybridized carbons (Fsp3) is 0.952. The summed E-state index contributed by atoms with van der Waals surface area (Å²) in [5, 5.41) is 23.3. The number of carbonyl (C=O) groups is 2. The summed E-state index contributed by atoms with van der Waals surface area (Å²) in [4.78, 5) is 24.6. The third kappa shape index (κ3) is 75.5. The van der Waals surface area contributed by atoms with Gasteiger partial charge in [-0.3, -0.25) is 9.59 Å². The smallest absolute Gasteiger partial charge is 0.305 e. The van der Waals surface area contributed by atoms with Crippen LogP contribution in [0, 0.1) is 0 Å². The highest BCUT2D eigenvalue weighted by Gasteiger charge is 2.18. The Labute approximate surface area is 559 Å². The molecule has 3 N–H and O–H groups in total. The molecule has 0 aliphatic carbocycles. The quantitative estimate of drug-likeness (QED) is 0.0320. The fourth-order valence-corrected chi connectivity index (χ4v) is 13.5. The number of hydrogen-bond acceptors (Lipinski definition) is 5. The minimum atomic E-state index is -0.841. The number of hydrogen-bond donors (Lipinski definition) is 3. The number of esters is 1. The predicted octanol–water partition coefficient (Wildman–Crippen LogP) is 27.4. The molecular formula is C83H163NO5. The Morgan fingerprint density at radius 1 is 0.303 bits per heavy atom. The molecule has 0 aromatic rings. The summed E-state index contributed by atoms with van der Waals surface area (Å²) in [5.74, 6) is -0.0322. The topological polar surface area (TPSA) is 95.9 Å². The van der Waals surface area contributed by atoms with E-state index in [2.05, 4.69) is 19.2 Å². The van der Waals surface area contributed by atoms with E-state index in [0.29, 0.717) is 19.4 Å². The van der Waals surface area contributed by atoms with Crippen LogP contribution in [0.3, 0.4) is 0 Å². The van der Waals surface area contributed by atoms with Crippen molar-refractivity contribution in [3.63, 3.8) is 0 Å². The standard InChI is InChI=1S/C83H163NO5/c1-3-5-7-9-11-13-15-16-17-18-19-20-21-37-40-43-46-49-52-56-59-63-67-71-75-81(86)80(79-85)84-82(87)76-72-68-64-60-57-53-50-47-44-41-38-35-33-31-29-27-25-23-22-24-26-28-30-32-34-36-39-42-45-48-51-54-58-62-66-70-74-78-89-83(88)77-73-69-65-61-55-14-12-10-8-6-4-2/h71,75,80-81,85-86H,3-70,72-74,76-79H2,1-2H3,(H,84,87)/b75-71+. The molecule has 2 atom stereocenters. The first kappa shape index (κ1) is 87.6. The average molecular weight is 1260 g/mol. The summed E-state index contributed by atoms with van der Waals surface area (Å²) in [6.07, 6.45) is 101. The maximum atomic E-state index is 12.6. The zero-order chi connectivity index (χ0) is 64.2. The van der Waals surface area contributed by atoms with E-state index in [1.165, 1.54) is 417 Å². The highest BCUT2D eigenvalue weighted by Crippen LogP contribution is 2.21. The molecule has 530 valence electrons. The van der Waals surface area contributed by atoms with E-state index < -0.39 is 12.1 Å². The fourth-order valence-electron chi connectivity index (χ4n) is 13.5. The molecular weight excluding hydrogens is 1090 g/mol. The highest BCUT2D eigenvalue weighted by atomic mass is 16.5. The minimum absolute atomic E-state index is 0.0240. The number of aliphatic hydroxyl groups excluding tert-OH is 2. The number of carbonyl (C=O) groups excluding carboxylic acids is 2. The molecule has 6 heteroatoms. The Morgan fingerprint density at radius 3 is 0.764 bits per heavy atom. The Balaban J connectivity index is 3.33. The van der Waals surface area contributed by atoms with Gasteiger partial charge in [0, 0.05) is 12.8 Å². The minimum Gasteiger partial charge on any atom is -0.466 e. The van der Waals surface area contributed by atoms with Gasteiger partial charge in [-0.2, -0.15) is 0 Å². The van der Waals surface area contributed by atoms with E-state index in [0.717, 1.165) is 38.5 Å². The third-order valence-electron chi connectivity index (χ3n) is 19.8. The van der Waals surface area contributed by atoms with Crippen molar-refractivity contribution in [1.82, 2.24) is 5.32 Å². The third-order valence-corrected chi connectivity index (χ3v) is 19.8. The van der Waals surface area contributed by atoms with Crippen molar-refractivity contribution in [3.05, 3.63) is 12.2 Å². The summed E-state index contributed by atoms with van der Waals surface area (Å²) < 4.78 is 5.49. The maximum absolute atomic E-state index is 12.6. The van der Waals surface area contributed by atoms with E-state index in [4.69, 9.17) is 4.74 Å². The van der Waals surface area contributed by atoms with Crippen molar-refractivity contribution in [1.29, 1.82) is 0 Å². The van der Waals surface area contributed by atoms with Gasteiger partial charge in [0.1, 0.15) is 0 Å². The second-order valence-corrected chi connectivity index (χ2v) is 28.8. The summed E-state index contributed by atoms with van der Waals surface area (Å²) in [7, 11) is 0. The lowest BCUT2D eigenvalue weighted by Gasteiger charge is -2.20. The summed E-state index contributed by atoms with van der Waals surface area (Å²) in [6.45, 7) is 4.96. The first-order valence-corrected chi connectivity index (χ1v) is 41.5.